The highest BCUT2D eigenvalue weighted by molar-refractivity contribution is 5.80. The van der Waals surface area contributed by atoms with Crippen LogP contribution in [0.1, 0.15) is 33.1 Å². The van der Waals surface area contributed by atoms with Crippen molar-refractivity contribution in [2.24, 2.45) is 5.41 Å². The second-order valence-corrected chi connectivity index (χ2v) is 4.85. The Morgan fingerprint density at radius 1 is 1.54 bits per heavy atom. The number of nitrogens with zero attached hydrogens (tertiary/aromatic N) is 1. The maximum atomic E-state index is 11.5. The minimum atomic E-state index is 0.278. The number of carbonyl (C=O) groups excluding carboxylic acids is 1. The molecule has 0 aromatic rings. The molecule has 2 fully saturated rings. The van der Waals surface area contributed by atoms with Crippen LogP contribution >= 0.6 is 0 Å². The van der Waals surface area contributed by atoms with Gasteiger partial charge in [0, 0.05) is 6.04 Å². The van der Waals surface area contributed by atoms with E-state index in [0.717, 1.165) is 6.67 Å². The van der Waals surface area contributed by atoms with Crippen LogP contribution in [0.3, 0.4) is 0 Å². The van der Waals surface area contributed by atoms with Crippen molar-refractivity contribution < 1.29 is 4.79 Å². The minimum Gasteiger partial charge on any atom is -0.325 e. The summed E-state index contributed by atoms with van der Waals surface area (Å²) in [4.78, 5) is 13.5. The van der Waals surface area contributed by atoms with Crippen molar-refractivity contribution in [3.8, 4) is 0 Å². The summed E-state index contributed by atoms with van der Waals surface area (Å²) < 4.78 is 0. The maximum absolute atomic E-state index is 11.5. The van der Waals surface area contributed by atoms with E-state index in [1.165, 1.54) is 19.3 Å². The highest BCUT2D eigenvalue weighted by Gasteiger charge is 2.41. The van der Waals surface area contributed by atoms with E-state index in [4.69, 9.17) is 0 Å². The average molecular weight is 182 g/mol. The van der Waals surface area contributed by atoms with Crippen molar-refractivity contribution in [1.29, 1.82) is 0 Å². The summed E-state index contributed by atoms with van der Waals surface area (Å²) in [6.45, 7) is 5.84. The number of rotatable bonds is 1. The SMILES string of the molecule is CC1(C)CCCC1N1CNCC1=O. The Hall–Kier alpha value is -0.570. The van der Waals surface area contributed by atoms with E-state index in [1.807, 2.05) is 4.90 Å². The quantitative estimate of drug-likeness (QED) is 0.655. The highest BCUT2D eigenvalue weighted by atomic mass is 16.2. The van der Waals surface area contributed by atoms with Crippen LogP contribution in [0.4, 0.5) is 0 Å². The van der Waals surface area contributed by atoms with E-state index in [2.05, 4.69) is 19.2 Å². The lowest BCUT2D eigenvalue weighted by atomic mass is 9.86. The van der Waals surface area contributed by atoms with E-state index in [1.54, 1.807) is 0 Å². The Balaban J connectivity index is 2.11. The van der Waals surface area contributed by atoms with Gasteiger partial charge in [-0.1, -0.05) is 20.3 Å². The molecule has 1 saturated heterocycles. The Morgan fingerprint density at radius 3 is 2.77 bits per heavy atom. The van der Waals surface area contributed by atoms with Gasteiger partial charge in [0.05, 0.1) is 13.2 Å². The molecular formula is C10H18N2O. The predicted molar refractivity (Wildman–Crippen MR) is 51.1 cm³/mol. The third-order valence-electron chi connectivity index (χ3n) is 3.46. The summed E-state index contributed by atoms with van der Waals surface area (Å²) in [5.74, 6) is 0.278. The summed E-state index contributed by atoms with van der Waals surface area (Å²) >= 11 is 0. The molecule has 3 heteroatoms. The van der Waals surface area contributed by atoms with Gasteiger partial charge in [0.25, 0.3) is 0 Å². The molecule has 0 radical (unpaired) electrons. The zero-order chi connectivity index (χ0) is 9.47. The second-order valence-electron chi connectivity index (χ2n) is 4.85. The van der Waals surface area contributed by atoms with Gasteiger partial charge < -0.3 is 4.90 Å². The van der Waals surface area contributed by atoms with Crippen LogP contribution in [0.15, 0.2) is 0 Å². The van der Waals surface area contributed by atoms with Crippen LogP contribution in [0.2, 0.25) is 0 Å². The normalized spacial score (nSPS) is 32.9. The molecular weight excluding hydrogens is 164 g/mol. The molecule has 0 spiro atoms. The fraction of sp³-hybridized carbons (Fsp3) is 0.900. The van der Waals surface area contributed by atoms with Gasteiger partial charge in [-0.15, -0.1) is 0 Å². The summed E-state index contributed by atoms with van der Waals surface area (Å²) in [7, 11) is 0. The third-order valence-corrected chi connectivity index (χ3v) is 3.46. The predicted octanol–water partition coefficient (Wildman–Crippen LogP) is 0.954. The van der Waals surface area contributed by atoms with Crippen LogP contribution in [0, 0.1) is 5.41 Å². The maximum Gasteiger partial charge on any atom is 0.237 e. The molecule has 13 heavy (non-hydrogen) atoms. The number of nitrogens with one attached hydrogen (secondary N) is 1. The average Bonchev–Trinajstić information content (AvgIpc) is 2.56. The minimum absolute atomic E-state index is 0.278. The van der Waals surface area contributed by atoms with Crippen LogP contribution in [-0.2, 0) is 4.79 Å². The van der Waals surface area contributed by atoms with E-state index in [9.17, 15) is 4.79 Å². The summed E-state index contributed by atoms with van der Waals surface area (Å²) in [6, 6.07) is 0.468. The molecule has 1 atom stereocenters. The molecule has 1 heterocycles. The van der Waals surface area contributed by atoms with Crippen LogP contribution < -0.4 is 5.32 Å². The van der Waals surface area contributed by atoms with Gasteiger partial charge in [0.2, 0.25) is 5.91 Å². The first kappa shape index (κ1) is 9.00. The first-order chi connectivity index (χ1) is 6.11. The lowest BCUT2D eigenvalue weighted by Gasteiger charge is -2.34. The summed E-state index contributed by atoms with van der Waals surface area (Å²) in [5.41, 5.74) is 0.321. The highest BCUT2D eigenvalue weighted by Crippen LogP contribution is 2.40. The molecule has 74 valence electrons. The van der Waals surface area contributed by atoms with Crippen molar-refractivity contribution >= 4 is 5.91 Å². The molecule has 1 amide bonds. The first-order valence-corrected chi connectivity index (χ1v) is 5.11. The molecule has 1 aliphatic carbocycles. The Morgan fingerprint density at radius 2 is 2.31 bits per heavy atom. The zero-order valence-electron chi connectivity index (χ0n) is 8.47. The topological polar surface area (TPSA) is 32.3 Å². The summed E-state index contributed by atoms with van der Waals surface area (Å²) in [6.07, 6.45) is 3.70. The van der Waals surface area contributed by atoms with E-state index >= 15 is 0 Å². The molecule has 1 N–H and O–H groups in total. The van der Waals surface area contributed by atoms with Gasteiger partial charge in [-0.25, -0.2) is 0 Å². The molecule has 2 aliphatic rings. The second kappa shape index (κ2) is 2.98. The lowest BCUT2D eigenvalue weighted by Crippen LogP contribution is -2.43. The van der Waals surface area contributed by atoms with Crippen molar-refractivity contribution in [2.75, 3.05) is 13.2 Å². The molecule has 1 aliphatic heterocycles. The van der Waals surface area contributed by atoms with Crippen LogP contribution in [0.5, 0.6) is 0 Å². The van der Waals surface area contributed by atoms with Crippen molar-refractivity contribution in [2.45, 2.75) is 39.2 Å². The number of hydrogen-bond donors (Lipinski definition) is 1. The zero-order valence-corrected chi connectivity index (χ0v) is 8.47. The number of amides is 1. The number of hydrogen-bond acceptors (Lipinski definition) is 2. The standard InChI is InChI=1S/C10H18N2O/c1-10(2)5-3-4-8(10)12-7-11-6-9(12)13/h8,11H,3-7H2,1-2H3. The Labute approximate surface area is 79.5 Å². The first-order valence-electron chi connectivity index (χ1n) is 5.11. The fourth-order valence-electron chi connectivity index (χ4n) is 2.64. The van der Waals surface area contributed by atoms with Crippen molar-refractivity contribution in [3.05, 3.63) is 0 Å². The van der Waals surface area contributed by atoms with Crippen molar-refractivity contribution in [3.63, 3.8) is 0 Å². The van der Waals surface area contributed by atoms with Gasteiger partial charge in [0.1, 0.15) is 0 Å². The van der Waals surface area contributed by atoms with Gasteiger partial charge in [0.15, 0.2) is 0 Å². The largest absolute Gasteiger partial charge is 0.325 e. The molecule has 3 nitrogen and oxygen atoms in total. The van der Waals surface area contributed by atoms with Crippen molar-refractivity contribution in [1.82, 2.24) is 10.2 Å². The Kier molecular flexibility index (Phi) is 2.06. The molecule has 0 bridgehead atoms. The molecule has 0 aromatic heterocycles. The molecule has 1 saturated carbocycles. The van der Waals surface area contributed by atoms with Gasteiger partial charge in [-0.2, -0.15) is 0 Å². The monoisotopic (exact) mass is 182 g/mol. The van der Waals surface area contributed by atoms with Gasteiger partial charge in [-0.05, 0) is 18.3 Å². The van der Waals surface area contributed by atoms with Crippen LogP contribution in [-0.4, -0.2) is 30.1 Å². The Bertz CT molecular complexity index is 225. The lowest BCUT2D eigenvalue weighted by molar-refractivity contribution is -0.130. The molecule has 0 aromatic carbocycles. The molecule has 2 rings (SSSR count). The van der Waals surface area contributed by atoms with Crippen LogP contribution in [0.25, 0.3) is 0 Å². The molecule has 1 unspecified atom stereocenters. The third kappa shape index (κ3) is 1.46. The smallest absolute Gasteiger partial charge is 0.237 e. The summed E-state index contributed by atoms with van der Waals surface area (Å²) in [5, 5.41) is 3.11. The van der Waals surface area contributed by atoms with E-state index in [-0.39, 0.29) is 5.91 Å². The van der Waals surface area contributed by atoms with Gasteiger partial charge in [-0.3, -0.25) is 10.1 Å². The fourth-order valence-corrected chi connectivity index (χ4v) is 2.64. The van der Waals surface area contributed by atoms with Gasteiger partial charge >= 0.3 is 0 Å². The number of carbonyl (C=O) groups is 1. The van der Waals surface area contributed by atoms with E-state index < -0.39 is 0 Å². The van der Waals surface area contributed by atoms with E-state index in [0.29, 0.717) is 18.0 Å².